The molecule has 2 aliphatic heterocycles. The van der Waals surface area contributed by atoms with Crippen molar-refractivity contribution in [2.24, 2.45) is 0 Å². The molecule has 0 amide bonds. The average molecular weight is 457 g/mol. The number of rotatable bonds is 4. The van der Waals surface area contributed by atoms with E-state index in [1.807, 2.05) is 45.9 Å². The fourth-order valence-electron chi connectivity index (χ4n) is 4.96. The van der Waals surface area contributed by atoms with E-state index in [4.69, 9.17) is 4.74 Å². The van der Waals surface area contributed by atoms with Crippen LogP contribution >= 0.6 is 0 Å². The molecule has 11 heteroatoms. The smallest absolute Gasteiger partial charge is 0.167 e. The number of hydroxylamine groups is 2. The molecule has 0 aliphatic carbocycles. The number of aromatic nitrogens is 4. The number of imidazole rings is 1. The lowest BCUT2D eigenvalue weighted by molar-refractivity contribution is -0.216. The van der Waals surface area contributed by atoms with Crippen molar-refractivity contribution in [1.82, 2.24) is 24.6 Å². The molecule has 3 aromatic rings. The molecule has 0 unspecified atom stereocenters. The zero-order valence-corrected chi connectivity index (χ0v) is 18.8. The minimum atomic E-state index is -1.24. The van der Waals surface area contributed by atoms with Gasteiger partial charge in [-0.2, -0.15) is 5.06 Å². The summed E-state index contributed by atoms with van der Waals surface area (Å²) >= 11 is 0. The molecule has 1 aromatic carbocycles. The van der Waals surface area contributed by atoms with E-state index in [1.165, 1.54) is 22.3 Å². The summed E-state index contributed by atoms with van der Waals surface area (Å²) in [4.78, 5) is 13.0. The van der Waals surface area contributed by atoms with Gasteiger partial charge in [-0.25, -0.2) is 15.0 Å². The lowest BCUT2D eigenvalue weighted by Gasteiger charge is -2.34. The highest BCUT2D eigenvalue weighted by molar-refractivity contribution is 5.85. The number of hydrogen-bond donors (Lipinski definition) is 5. The van der Waals surface area contributed by atoms with Gasteiger partial charge in [0.25, 0.3) is 0 Å². The number of fused-ring (bicyclic) bond motifs is 2. The van der Waals surface area contributed by atoms with Gasteiger partial charge < -0.3 is 30.6 Å². The van der Waals surface area contributed by atoms with Gasteiger partial charge in [0.1, 0.15) is 24.6 Å². The number of anilines is 2. The van der Waals surface area contributed by atoms with Crippen molar-refractivity contribution >= 4 is 22.7 Å². The first-order valence-corrected chi connectivity index (χ1v) is 10.8. The number of nitrogens with one attached hydrogen (secondary N) is 1. The van der Waals surface area contributed by atoms with E-state index in [0.717, 1.165) is 16.8 Å². The van der Waals surface area contributed by atoms with Gasteiger partial charge in [0.2, 0.25) is 0 Å². The zero-order chi connectivity index (χ0) is 23.7. The highest BCUT2D eigenvalue weighted by Gasteiger charge is 2.49. The fourth-order valence-corrected chi connectivity index (χ4v) is 4.96. The predicted octanol–water partition coefficient (Wildman–Crippen LogP) is 1.36. The van der Waals surface area contributed by atoms with Crippen LogP contribution in [0.15, 0.2) is 30.9 Å². The highest BCUT2D eigenvalue weighted by Crippen LogP contribution is 2.48. The van der Waals surface area contributed by atoms with Crippen molar-refractivity contribution < 1.29 is 25.3 Å². The van der Waals surface area contributed by atoms with E-state index in [1.54, 1.807) is 0 Å². The molecule has 1 saturated heterocycles. The molecule has 4 heterocycles. The number of aliphatic hydroxyl groups is 3. The maximum absolute atomic E-state index is 10.7. The van der Waals surface area contributed by atoms with Gasteiger partial charge >= 0.3 is 0 Å². The van der Waals surface area contributed by atoms with Crippen molar-refractivity contribution in [3.63, 3.8) is 0 Å². The standard InChI is InChI=1S/C22H28N6O5/c1-21(2)12-6-5-11(7-13(12)22(3,4)28(21)32)26-18-15-19(24-9-23-18)27(10-25-15)20-17(31)16(30)14(8-29)33-20/h5-7,9-10,14,16-17,20,29-32H,8H2,1-4H3,(H,23,24,26)/t14-,16-,17-,20-/m1/s1. The third-order valence-electron chi connectivity index (χ3n) is 6.81. The summed E-state index contributed by atoms with van der Waals surface area (Å²) in [6.45, 7) is 7.48. The Morgan fingerprint density at radius 2 is 1.76 bits per heavy atom. The van der Waals surface area contributed by atoms with Gasteiger partial charge in [0.15, 0.2) is 23.2 Å². The summed E-state index contributed by atoms with van der Waals surface area (Å²) in [5.74, 6) is 0.460. The fraction of sp³-hybridized carbons (Fsp3) is 0.500. The van der Waals surface area contributed by atoms with Gasteiger partial charge in [-0.3, -0.25) is 4.57 Å². The minimum Gasteiger partial charge on any atom is -0.394 e. The maximum Gasteiger partial charge on any atom is 0.167 e. The number of ether oxygens (including phenoxy) is 1. The monoisotopic (exact) mass is 456 g/mol. The third-order valence-corrected chi connectivity index (χ3v) is 6.81. The molecule has 33 heavy (non-hydrogen) atoms. The molecule has 5 N–H and O–H groups in total. The van der Waals surface area contributed by atoms with Crippen molar-refractivity contribution in [2.45, 2.75) is 63.3 Å². The van der Waals surface area contributed by atoms with Crippen LogP contribution in [0.2, 0.25) is 0 Å². The summed E-state index contributed by atoms with van der Waals surface area (Å²) < 4.78 is 7.13. The topological polar surface area (TPSA) is 149 Å². The second-order valence-corrected chi connectivity index (χ2v) is 9.59. The van der Waals surface area contributed by atoms with Gasteiger partial charge in [-0.05, 0) is 51.0 Å². The molecule has 0 radical (unpaired) electrons. The van der Waals surface area contributed by atoms with Crippen LogP contribution in [0.3, 0.4) is 0 Å². The molecule has 0 saturated carbocycles. The molecule has 1 fully saturated rings. The number of nitrogens with zero attached hydrogens (tertiary/aromatic N) is 5. The zero-order valence-electron chi connectivity index (χ0n) is 18.8. The summed E-state index contributed by atoms with van der Waals surface area (Å²) in [7, 11) is 0. The SMILES string of the molecule is CC1(C)c2ccc(Nc3ncnc4c3ncn4[C@@H]3O[C@H](CO)[C@@H](O)[C@H]3O)cc2C(C)(C)N1O. The van der Waals surface area contributed by atoms with E-state index in [0.29, 0.717) is 17.0 Å². The molecule has 2 aliphatic rings. The van der Waals surface area contributed by atoms with Crippen LogP contribution in [0, 0.1) is 0 Å². The first-order chi connectivity index (χ1) is 15.6. The van der Waals surface area contributed by atoms with Crippen molar-refractivity contribution in [1.29, 1.82) is 0 Å². The van der Waals surface area contributed by atoms with Crippen molar-refractivity contribution in [3.05, 3.63) is 42.0 Å². The van der Waals surface area contributed by atoms with Crippen LogP contribution in [0.25, 0.3) is 11.2 Å². The van der Waals surface area contributed by atoms with Gasteiger partial charge in [-0.15, -0.1) is 0 Å². The normalized spacial score (nSPS) is 28.4. The summed E-state index contributed by atoms with van der Waals surface area (Å²) in [5, 5.41) is 45.2. The molecule has 176 valence electrons. The molecular weight excluding hydrogens is 428 g/mol. The highest BCUT2D eigenvalue weighted by atomic mass is 16.6. The predicted molar refractivity (Wildman–Crippen MR) is 118 cm³/mol. The lowest BCUT2D eigenvalue weighted by atomic mass is 9.90. The van der Waals surface area contributed by atoms with Gasteiger partial charge in [0, 0.05) is 5.69 Å². The Labute approximate surface area is 190 Å². The molecule has 4 atom stereocenters. The molecule has 2 aromatic heterocycles. The Hall–Kier alpha value is -2.67. The van der Waals surface area contributed by atoms with Crippen LogP contribution < -0.4 is 5.32 Å². The Balaban J connectivity index is 1.49. The van der Waals surface area contributed by atoms with Gasteiger partial charge in [0.05, 0.1) is 24.0 Å². The van der Waals surface area contributed by atoms with E-state index in [2.05, 4.69) is 20.3 Å². The minimum absolute atomic E-state index is 0.409. The Morgan fingerprint density at radius 1 is 1.03 bits per heavy atom. The maximum atomic E-state index is 10.7. The first kappa shape index (κ1) is 22.1. The largest absolute Gasteiger partial charge is 0.394 e. The lowest BCUT2D eigenvalue weighted by Crippen LogP contribution is -2.42. The average Bonchev–Trinajstić information content (AvgIpc) is 3.38. The molecule has 11 nitrogen and oxygen atoms in total. The van der Waals surface area contributed by atoms with Crippen LogP contribution in [0.1, 0.15) is 45.0 Å². The molecular formula is C22H28N6O5. The van der Waals surface area contributed by atoms with E-state index in [-0.39, 0.29) is 0 Å². The summed E-state index contributed by atoms with van der Waals surface area (Å²) in [6.07, 6.45) is -1.46. The molecule has 0 spiro atoms. The van der Waals surface area contributed by atoms with Crippen LogP contribution in [-0.2, 0) is 15.8 Å². The Morgan fingerprint density at radius 3 is 2.45 bits per heavy atom. The van der Waals surface area contributed by atoms with Crippen LogP contribution in [-0.4, -0.2) is 70.0 Å². The second-order valence-electron chi connectivity index (χ2n) is 9.59. The van der Waals surface area contributed by atoms with E-state index >= 15 is 0 Å². The Kier molecular flexibility index (Phi) is 4.98. The van der Waals surface area contributed by atoms with Gasteiger partial charge in [-0.1, -0.05) is 6.07 Å². The quantitative estimate of drug-likeness (QED) is 0.389. The van der Waals surface area contributed by atoms with Crippen LogP contribution in [0.5, 0.6) is 0 Å². The molecule has 5 rings (SSSR count). The molecule has 0 bridgehead atoms. The number of hydrogen-bond acceptors (Lipinski definition) is 10. The number of aliphatic hydroxyl groups excluding tert-OH is 3. The summed E-state index contributed by atoms with van der Waals surface area (Å²) in [5.41, 5.74) is 2.60. The van der Waals surface area contributed by atoms with Crippen LogP contribution in [0.4, 0.5) is 11.5 Å². The van der Waals surface area contributed by atoms with Crippen molar-refractivity contribution in [2.75, 3.05) is 11.9 Å². The first-order valence-electron chi connectivity index (χ1n) is 10.8. The van der Waals surface area contributed by atoms with E-state index in [9.17, 15) is 20.5 Å². The number of benzene rings is 1. The Bertz CT molecular complexity index is 1210. The summed E-state index contributed by atoms with van der Waals surface area (Å²) in [6, 6.07) is 5.91. The van der Waals surface area contributed by atoms with Crippen molar-refractivity contribution in [3.8, 4) is 0 Å². The second kappa shape index (κ2) is 7.42. The van der Waals surface area contributed by atoms with E-state index < -0.39 is 42.2 Å². The third kappa shape index (κ3) is 3.15.